The monoisotopic (exact) mass is 265 g/mol. The first-order valence-electron chi connectivity index (χ1n) is 7.17. The molecule has 5 nitrogen and oxygen atoms in total. The first kappa shape index (κ1) is 14.2. The van der Waals surface area contributed by atoms with Gasteiger partial charge in [-0.15, -0.1) is 0 Å². The Morgan fingerprint density at radius 3 is 2.42 bits per heavy atom. The van der Waals surface area contributed by atoms with Crippen LogP contribution in [-0.2, 0) is 0 Å². The summed E-state index contributed by atoms with van der Waals surface area (Å²) in [4.78, 5) is 4.72. The smallest absolute Gasteiger partial charge is 0.150 e. The lowest BCUT2D eigenvalue weighted by Gasteiger charge is -2.36. The summed E-state index contributed by atoms with van der Waals surface area (Å²) >= 11 is 0. The number of rotatable bonds is 3. The van der Waals surface area contributed by atoms with E-state index in [0.29, 0.717) is 12.1 Å². The van der Waals surface area contributed by atoms with Crippen LogP contribution in [0, 0.1) is 6.92 Å². The molecule has 2 N–H and O–H groups in total. The van der Waals surface area contributed by atoms with Crippen LogP contribution >= 0.6 is 0 Å². The molecule has 2 rings (SSSR count). The normalized spacial score (nSPS) is 18.2. The fraction of sp³-hybridized carbons (Fsp3) is 0.786. The summed E-state index contributed by atoms with van der Waals surface area (Å²) in [7, 11) is 4.34. The molecule has 0 saturated carbocycles. The first-order chi connectivity index (χ1) is 8.91. The van der Waals surface area contributed by atoms with Crippen molar-refractivity contribution in [2.24, 2.45) is 0 Å². The van der Waals surface area contributed by atoms with E-state index in [-0.39, 0.29) is 0 Å². The maximum atomic E-state index is 6.24. The van der Waals surface area contributed by atoms with Gasteiger partial charge in [0.2, 0.25) is 0 Å². The summed E-state index contributed by atoms with van der Waals surface area (Å²) in [5.41, 5.74) is 8.00. The number of anilines is 2. The van der Waals surface area contributed by atoms with Gasteiger partial charge in [-0.2, -0.15) is 5.10 Å². The fourth-order valence-corrected chi connectivity index (χ4v) is 2.81. The lowest BCUT2D eigenvalue weighted by atomic mass is 10.0. The van der Waals surface area contributed by atoms with Gasteiger partial charge in [0.1, 0.15) is 0 Å². The predicted octanol–water partition coefficient (Wildman–Crippen LogP) is 1.89. The van der Waals surface area contributed by atoms with Gasteiger partial charge in [0, 0.05) is 19.1 Å². The predicted molar refractivity (Wildman–Crippen MR) is 80.7 cm³/mol. The number of piperidine rings is 1. The molecule has 1 saturated heterocycles. The minimum absolute atomic E-state index is 0.333. The average Bonchev–Trinajstić information content (AvgIpc) is 2.66. The zero-order valence-corrected chi connectivity index (χ0v) is 12.8. The highest BCUT2D eigenvalue weighted by molar-refractivity contribution is 5.66. The Morgan fingerprint density at radius 2 is 1.89 bits per heavy atom. The number of hydrogen-bond acceptors (Lipinski definition) is 4. The molecule has 1 aromatic heterocycles. The summed E-state index contributed by atoms with van der Waals surface area (Å²) in [5, 5.41) is 4.58. The molecule has 0 bridgehead atoms. The number of nitrogens with two attached hydrogens (primary N) is 1. The Hall–Kier alpha value is -1.23. The highest BCUT2D eigenvalue weighted by atomic mass is 15.4. The highest BCUT2D eigenvalue weighted by Gasteiger charge is 2.26. The molecule has 108 valence electrons. The molecule has 5 heteroatoms. The number of nitrogens with zero attached hydrogens (tertiary/aromatic N) is 4. The van der Waals surface area contributed by atoms with Crippen molar-refractivity contribution in [3.63, 3.8) is 0 Å². The van der Waals surface area contributed by atoms with Gasteiger partial charge < -0.3 is 15.5 Å². The molecular weight excluding hydrogens is 238 g/mol. The van der Waals surface area contributed by atoms with Crippen LogP contribution in [-0.4, -0.2) is 47.9 Å². The summed E-state index contributed by atoms with van der Waals surface area (Å²) < 4.78 is 2.06. The van der Waals surface area contributed by atoms with Crippen molar-refractivity contribution in [2.75, 3.05) is 37.8 Å². The molecule has 0 aliphatic carbocycles. The Bertz CT molecular complexity index is 429. The van der Waals surface area contributed by atoms with Crippen LogP contribution in [0.15, 0.2) is 0 Å². The van der Waals surface area contributed by atoms with Crippen LogP contribution in [0.3, 0.4) is 0 Å². The average molecular weight is 265 g/mol. The summed E-state index contributed by atoms with van der Waals surface area (Å²) in [6.45, 7) is 8.60. The first-order valence-corrected chi connectivity index (χ1v) is 7.17. The second-order valence-corrected chi connectivity index (χ2v) is 6.01. The van der Waals surface area contributed by atoms with Crippen molar-refractivity contribution in [3.8, 4) is 0 Å². The van der Waals surface area contributed by atoms with E-state index in [1.54, 1.807) is 0 Å². The van der Waals surface area contributed by atoms with Crippen LogP contribution in [0.1, 0.15) is 38.4 Å². The van der Waals surface area contributed by atoms with E-state index in [0.717, 1.165) is 30.3 Å². The van der Waals surface area contributed by atoms with Gasteiger partial charge in [0.25, 0.3) is 0 Å². The van der Waals surface area contributed by atoms with Gasteiger partial charge in [-0.25, -0.2) is 4.68 Å². The molecule has 19 heavy (non-hydrogen) atoms. The molecular formula is C14H27N5. The molecule has 0 unspecified atom stereocenters. The van der Waals surface area contributed by atoms with Gasteiger partial charge in [-0.05, 0) is 53.8 Å². The third-order valence-electron chi connectivity index (χ3n) is 4.16. The van der Waals surface area contributed by atoms with Crippen molar-refractivity contribution in [2.45, 2.75) is 45.7 Å². The van der Waals surface area contributed by atoms with Gasteiger partial charge >= 0.3 is 0 Å². The lowest BCUT2D eigenvalue weighted by molar-refractivity contribution is 0.251. The Kier molecular flexibility index (Phi) is 4.04. The zero-order chi connectivity index (χ0) is 14.2. The Labute approximate surface area is 116 Å². The molecule has 0 atom stereocenters. The van der Waals surface area contributed by atoms with Crippen molar-refractivity contribution in [3.05, 3.63) is 5.69 Å². The Balaban J connectivity index is 2.25. The molecule has 0 aromatic carbocycles. The van der Waals surface area contributed by atoms with Crippen LogP contribution < -0.4 is 10.6 Å². The molecule has 0 amide bonds. The van der Waals surface area contributed by atoms with Crippen LogP contribution in [0.5, 0.6) is 0 Å². The lowest BCUT2D eigenvalue weighted by Crippen LogP contribution is -2.43. The number of hydrogen-bond donors (Lipinski definition) is 1. The van der Waals surface area contributed by atoms with Crippen molar-refractivity contribution in [1.29, 1.82) is 0 Å². The van der Waals surface area contributed by atoms with E-state index in [9.17, 15) is 0 Å². The maximum absolute atomic E-state index is 6.24. The van der Waals surface area contributed by atoms with E-state index < -0.39 is 0 Å². The second kappa shape index (κ2) is 5.41. The summed E-state index contributed by atoms with van der Waals surface area (Å²) in [6.07, 6.45) is 2.38. The molecule has 0 spiro atoms. The number of aromatic nitrogens is 2. The van der Waals surface area contributed by atoms with Gasteiger partial charge in [0.05, 0.1) is 11.4 Å². The molecule has 1 fully saturated rings. The van der Waals surface area contributed by atoms with Gasteiger partial charge in [-0.3, -0.25) is 0 Å². The van der Waals surface area contributed by atoms with Crippen LogP contribution in [0.25, 0.3) is 0 Å². The highest BCUT2D eigenvalue weighted by Crippen LogP contribution is 2.31. The molecule has 1 aliphatic rings. The third kappa shape index (κ3) is 2.71. The quantitative estimate of drug-likeness (QED) is 0.906. The topological polar surface area (TPSA) is 50.3 Å². The van der Waals surface area contributed by atoms with Gasteiger partial charge in [-0.1, -0.05) is 0 Å². The maximum Gasteiger partial charge on any atom is 0.150 e. The van der Waals surface area contributed by atoms with E-state index >= 15 is 0 Å². The molecule has 1 aliphatic heterocycles. The fourth-order valence-electron chi connectivity index (χ4n) is 2.81. The van der Waals surface area contributed by atoms with E-state index in [1.807, 2.05) is 6.92 Å². The zero-order valence-electron chi connectivity index (χ0n) is 12.8. The summed E-state index contributed by atoms with van der Waals surface area (Å²) in [5.74, 6) is 1.09. The third-order valence-corrected chi connectivity index (χ3v) is 4.16. The molecule has 0 radical (unpaired) electrons. The molecule has 2 heterocycles. The van der Waals surface area contributed by atoms with Crippen molar-refractivity contribution < 1.29 is 0 Å². The van der Waals surface area contributed by atoms with Crippen LogP contribution in [0.4, 0.5) is 11.5 Å². The van der Waals surface area contributed by atoms with E-state index in [2.05, 4.69) is 47.5 Å². The minimum Gasteiger partial charge on any atom is -0.394 e. The van der Waals surface area contributed by atoms with E-state index in [1.165, 1.54) is 12.8 Å². The summed E-state index contributed by atoms with van der Waals surface area (Å²) in [6, 6.07) is 0.895. The standard InChI is InChI=1S/C14H27N5/c1-10(2)19-14(13(15)11(3)16-19)18(5)12-6-8-17(4)9-7-12/h10,12H,6-9,15H2,1-5H3. The van der Waals surface area contributed by atoms with Crippen molar-refractivity contribution >= 4 is 11.5 Å². The number of likely N-dealkylation sites (tertiary alicyclic amines) is 1. The largest absolute Gasteiger partial charge is 0.394 e. The second-order valence-electron chi connectivity index (χ2n) is 6.01. The minimum atomic E-state index is 0.333. The number of aryl methyl sites for hydroxylation is 1. The van der Waals surface area contributed by atoms with Crippen LogP contribution in [0.2, 0.25) is 0 Å². The Morgan fingerprint density at radius 1 is 1.32 bits per heavy atom. The van der Waals surface area contributed by atoms with Gasteiger partial charge in [0.15, 0.2) is 5.82 Å². The SMILES string of the molecule is Cc1nn(C(C)C)c(N(C)C2CCN(C)CC2)c1N. The number of nitrogen functional groups attached to an aromatic ring is 1. The van der Waals surface area contributed by atoms with Crippen molar-refractivity contribution in [1.82, 2.24) is 14.7 Å². The molecule has 1 aromatic rings. The van der Waals surface area contributed by atoms with E-state index in [4.69, 9.17) is 5.73 Å².